The van der Waals surface area contributed by atoms with Gasteiger partial charge in [-0.2, -0.15) is 5.26 Å². The number of anilines is 1. The molecule has 2 aromatic carbocycles. The summed E-state index contributed by atoms with van der Waals surface area (Å²) in [6, 6.07) is 16.6. The van der Waals surface area contributed by atoms with Crippen LogP contribution in [0.15, 0.2) is 66.1 Å². The fraction of sp³-hybridized carbons (Fsp3) is 0.150. The van der Waals surface area contributed by atoms with Crippen molar-refractivity contribution in [2.24, 2.45) is 0 Å². The second-order valence-electron chi connectivity index (χ2n) is 5.68. The third-order valence-electron chi connectivity index (χ3n) is 3.91. The largest absolute Gasteiger partial charge is 0.497 e. The Morgan fingerprint density at radius 3 is 2.70 bits per heavy atom. The Kier molecular flexibility index (Phi) is 5.79. The molecule has 0 saturated heterocycles. The van der Waals surface area contributed by atoms with Crippen LogP contribution in [0.4, 0.5) is 5.69 Å². The van der Waals surface area contributed by atoms with E-state index in [-0.39, 0.29) is 5.91 Å². The number of methoxy groups -OCH3 is 1. The molecule has 1 heterocycles. The normalized spacial score (nSPS) is 11.4. The Hall–Kier alpha value is -3.24. The molecule has 1 amide bonds. The van der Waals surface area contributed by atoms with Gasteiger partial charge in [0.25, 0.3) is 0 Å². The maximum atomic E-state index is 12.5. The number of hydrogen-bond donors (Lipinski definition) is 1. The lowest BCUT2D eigenvalue weighted by atomic mass is 10.2. The molecule has 0 saturated carbocycles. The van der Waals surface area contributed by atoms with Crippen LogP contribution in [0.1, 0.15) is 12.5 Å². The van der Waals surface area contributed by atoms with Crippen molar-refractivity contribution in [1.29, 1.82) is 5.26 Å². The monoisotopic (exact) mass is 378 g/mol. The van der Waals surface area contributed by atoms with Crippen molar-refractivity contribution in [3.8, 4) is 17.5 Å². The maximum Gasteiger partial charge on any atom is 0.237 e. The van der Waals surface area contributed by atoms with Crippen LogP contribution in [-0.4, -0.2) is 27.8 Å². The third kappa shape index (κ3) is 4.30. The summed E-state index contributed by atoms with van der Waals surface area (Å²) in [5.41, 5.74) is 1.87. The Balaban J connectivity index is 1.73. The summed E-state index contributed by atoms with van der Waals surface area (Å²) in [5, 5.41) is 12.3. The highest BCUT2D eigenvalue weighted by atomic mass is 32.2. The molecule has 27 heavy (non-hydrogen) atoms. The zero-order chi connectivity index (χ0) is 19.2. The standard InChI is InChI=1S/C20H18N4O2S/c1-14(19(25)23-18-6-4-3-5-15(18)13-21)27-20-22-11-12-24(20)16-7-9-17(26-2)10-8-16/h3-12,14H,1-2H3,(H,23,25). The predicted octanol–water partition coefficient (Wildman–Crippen LogP) is 3.87. The number of carbonyl (C=O) groups excluding carboxylic acids is 1. The van der Waals surface area contributed by atoms with E-state index in [0.29, 0.717) is 16.4 Å². The zero-order valence-corrected chi connectivity index (χ0v) is 15.7. The number of para-hydroxylation sites is 1. The van der Waals surface area contributed by atoms with E-state index in [1.54, 1.807) is 37.6 Å². The second-order valence-corrected chi connectivity index (χ2v) is 6.99. The van der Waals surface area contributed by atoms with Crippen LogP contribution in [-0.2, 0) is 4.79 Å². The average molecular weight is 378 g/mol. The van der Waals surface area contributed by atoms with Crippen molar-refractivity contribution in [2.75, 3.05) is 12.4 Å². The Bertz CT molecular complexity index is 976. The number of nitrogens with one attached hydrogen (secondary N) is 1. The molecule has 1 unspecified atom stereocenters. The van der Waals surface area contributed by atoms with E-state index < -0.39 is 5.25 Å². The van der Waals surface area contributed by atoms with Crippen LogP contribution in [0.5, 0.6) is 5.75 Å². The molecule has 1 N–H and O–H groups in total. The molecule has 136 valence electrons. The second kappa shape index (κ2) is 8.43. The molecule has 0 fully saturated rings. The molecule has 6 nitrogen and oxygen atoms in total. The summed E-state index contributed by atoms with van der Waals surface area (Å²) in [6.45, 7) is 1.81. The van der Waals surface area contributed by atoms with Gasteiger partial charge in [-0.05, 0) is 43.3 Å². The summed E-state index contributed by atoms with van der Waals surface area (Å²) >= 11 is 1.35. The van der Waals surface area contributed by atoms with Gasteiger partial charge in [0.05, 0.1) is 23.6 Å². The summed E-state index contributed by atoms with van der Waals surface area (Å²) in [4.78, 5) is 16.9. The summed E-state index contributed by atoms with van der Waals surface area (Å²) < 4.78 is 7.10. The van der Waals surface area contributed by atoms with E-state index in [1.807, 2.05) is 42.0 Å². The fourth-order valence-electron chi connectivity index (χ4n) is 2.45. The molecule has 0 aliphatic rings. The third-order valence-corrected chi connectivity index (χ3v) is 4.99. The number of imidazole rings is 1. The van der Waals surface area contributed by atoms with Crippen LogP contribution >= 0.6 is 11.8 Å². The molecule has 1 atom stereocenters. The lowest BCUT2D eigenvalue weighted by molar-refractivity contribution is -0.115. The first-order valence-electron chi connectivity index (χ1n) is 8.27. The molecular weight excluding hydrogens is 360 g/mol. The average Bonchev–Trinajstić information content (AvgIpc) is 3.16. The van der Waals surface area contributed by atoms with Gasteiger partial charge in [0.2, 0.25) is 5.91 Å². The summed E-state index contributed by atoms with van der Waals surface area (Å²) in [7, 11) is 1.62. The number of benzene rings is 2. The lowest BCUT2D eigenvalue weighted by Crippen LogP contribution is -2.23. The number of amides is 1. The first-order valence-corrected chi connectivity index (χ1v) is 9.14. The van der Waals surface area contributed by atoms with Gasteiger partial charge in [0.15, 0.2) is 5.16 Å². The quantitative estimate of drug-likeness (QED) is 0.659. The smallest absolute Gasteiger partial charge is 0.237 e. The van der Waals surface area contributed by atoms with Crippen molar-refractivity contribution in [2.45, 2.75) is 17.3 Å². The molecule has 7 heteroatoms. The van der Waals surface area contributed by atoms with Gasteiger partial charge in [0, 0.05) is 18.1 Å². The molecule has 0 bridgehead atoms. The Morgan fingerprint density at radius 2 is 2.00 bits per heavy atom. The number of ether oxygens (including phenoxy) is 1. The van der Waals surface area contributed by atoms with Gasteiger partial charge in [-0.1, -0.05) is 23.9 Å². The molecule has 3 aromatic rings. The first-order chi connectivity index (χ1) is 13.1. The highest BCUT2D eigenvalue weighted by molar-refractivity contribution is 8.00. The number of hydrogen-bond acceptors (Lipinski definition) is 5. The van der Waals surface area contributed by atoms with E-state index in [9.17, 15) is 4.79 Å². The van der Waals surface area contributed by atoms with Gasteiger partial charge in [-0.25, -0.2) is 4.98 Å². The molecule has 0 aliphatic heterocycles. The lowest BCUT2D eigenvalue weighted by Gasteiger charge is -2.14. The van der Waals surface area contributed by atoms with Crippen molar-refractivity contribution in [1.82, 2.24) is 9.55 Å². The van der Waals surface area contributed by atoms with Crippen LogP contribution in [0.3, 0.4) is 0 Å². The number of thioether (sulfide) groups is 1. The summed E-state index contributed by atoms with van der Waals surface area (Å²) in [6.07, 6.45) is 3.54. The number of aromatic nitrogens is 2. The number of carbonyl (C=O) groups is 1. The molecule has 1 aromatic heterocycles. The van der Waals surface area contributed by atoms with Gasteiger partial charge in [-0.15, -0.1) is 0 Å². The molecule has 0 radical (unpaired) electrons. The molecule has 0 spiro atoms. The van der Waals surface area contributed by atoms with Crippen LogP contribution in [0.25, 0.3) is 5.69 Å². The zero-order valence-electron chi connectivity index (χ0n) is 14.9. The van der Waals surface area contributed by atoms with Crippen molar-refractivity contribution in [3.63, 3.8) is 0 Å². The van der Waals surface area contributed by atoms with Crippen molar-refractivity contribution < 1.29 is 9.53 Å². The highest BCUT2D eigenvalue weighted by Gasteiger charge is 2.19. The van der Waals surface area contributed by atoms with Gasteiger partial charge >= 0.3 is 0 Å². The topological polar surface area (TPSA) is 79.9 Å². The van der Waals surface area contributed by atoms with Gasteiger partial charge in [0.1, 0.15) is 11.8 Å². The number of nitriles is 1. The van der Waals surface area contributed by atoms with E-state index >= 15 is 0 Å². The Morgan fingerprint density at radius 1 is 1.26 bits per heavy atom. The first kappa shape index (κ1) is 18.5. The Labute approximate surface area is 161 Å². The fourth-order valence-corrected chi connectivity index (χ4v) is 3.34. The van der Waals surface area contributed by atoms with Crippen LogP contribution < -0.4 is 10.1 Å². The minimum absolute atomic E-state index is 0.188. The molecule has 3 rings (SSSR count). The van der Waals surface area contributed by atoms with Crippen LogP contribution in [0, 0.1) is 11.3 Å². The van der Waals surface area contributed by atoms with Gasteiger partial charge < -0.3 is 10.1 Å². The summed E-state index contributed by atoms with van der Waals surface area (Å²) in [5.74, 6) is 0.587. The van der Waals surface area contributed by atoms with Gasteiger partial charge in [-0.3, -0.25) is 9.36 Å². The maximum absolute atomic E-state index is 12.5. The molecule has 0 aliphatic carbocycles. The predicted molar refractivity (Wildman–Crippen MR) is 105 cm³/mol. The van der Waals surface area contributed by atoms with E-state index in [2.05, 4.69) is 16.4 Å². The number of rotatable bonds is 6. The van der Waals surface area contributed by atoms with Crippen molar-refractivity contribution in [3.05, 3.63) is 66.5 Å². The minimum atomic E-state index is -0.392. The van der Waals surface area contributed by atoms with E-state index in [0.717, 1.165) is 11.4 Å². The van der Waals surface area contributed by atoms with Crippen molar-refractivity contribution >= 4 is 23.4 Å². The molecular formula is C20H18N4O2S. The van der Waals surface area contributed by atoms with Crippen LogP contribution in [0.2, 0.25) is 0 Å². The number of nitrogens with zero attached hydrogens (tertiary/aromatic N) is 3. The van der Waals surface area contributed by atoms with E-state index in [4.69, 9.17) is 10.00 Å². The highest BCUT2D eigenvalue weighted by Crippen LogP contribution is 2.26. The minimum Gasteiger partial charge on any atom is -0.497 e. The SMILES string of the molecule is COc1ccc(-n2ccnc2SC(C)C(=O)Nc2ccccc2C#N)cc1. The van der Waals surface area contributed by atoms with E-state index in [1.165, 1.54) is 11.8 Å².